The number of nitrogens with zero attached hydrogens (tertiary/aromatic N) is 3. The molecule has 0 N–H and O–H groups in total. The lowest BCUT2D eigenvalue weighted by molar-refractivity contribution is -0.120. The number of rotatable bonds is 4. The monoisotopic (exact) mass is 475 g/mol. The van der Waals surface area contributed by atoms with Crippen molar-refractivity contribution in [3.05, 3.63) is 54.9 Å². The van der Waals surface area contributed by atoms with Crippen LogP contribution in [0.15, 0.2) is 45.1 Å². The highest BCUT2D eigenvalue weighted by Crippen LogP contribution is 2.45. The van der Waals surface area contributed by atoms with Crippen LogP contribution in [0.5, 0.6) is 0 Å². The summed E-state index contributed by atoms with van der Waals surface area (Å²) in [6, 6.07) is 8.30. The van der Waals surface area contributed by atoms with Gasteiger partial charge in [0.05, 0.1) is 15.2 Å². The first kappa shape index (κ1) is 21.4. The summed E-state index contributed by atoms with van der Waals surface area (Å²) in [6.45, 7) is 7.83. The Labute approximate surface area is 192 Å². The third-order valence-corrected chi connectivity index (χ3v) is 8.76. The fraction of sp³-hybridized carbons (Fsp3) is 0.286. The summed E-state index contributed by atoms with van der Waals surface area (Å²) in [7, 11) is 0. The first-order chi connectivity index (χ1) is 14.5. The van der Waals surface area contributed by atoms with Crippen LogP contribution in [0.2, 0.25) is 0 Å². The number of thiocarbonyl (C=S) groups is 1. The minimum atomic E-state index is -0.111. The van der Waals surface area contributed by atoms with Crippen LogP contribution in [-0.2, 0) is 11.3 Å². The van der Waals surface area contributed by atoms with Gasteiger partial charge in [-0.25, -0.2) is 0 Å². The van der Waals surface area contributed by atoms with E-state index in [-0.39, 0.29) is 11.5 Å². The molecule has 2 aromatic rings. The van der Waals surface area contributed by atoms with Crippen LogP contribution < -0.4 is 19.7 Å². The van der Waals surface area contributed by atoms with Gasteiger partial charge in [-0.15, -0.1) is 11.3 Å². The van der Waals surface area contributed by atoms with E-state index in [9.17, 15) is 9.59 Å². The summed E-state index contributed by atoms with van der Waals surface area (Å²) < 4.78 is 3.53. The summed E-state index contributed by atoms with van der Waals surface area (Å²) in [5.74, 6) is -0.111. The number of benzene rings is 1. The summed E-state index contributed by atoms with van der Waals surface area (Å²) in [4.78, 5) is 31.3. The molecule has 4 rings (SSSR count). The zero-order valence-corrected chi connectivity index (χ0v) is 20.1. The van der Waals surface area contributed by atoms with Gasteiger partial charge in [0.1, 0.15) is 13.9 Å². The summed E-state index contributed by atoms with van der Waals surface area (Å²) in [5, 5.41) is 1.09. The molecule has 1 amide bonds. The first-order valence-electron chi connectivity index (χ1n) is 9.74. The number of para-hydroxylation sites is 1. The van der Waals surface area contributed by atoms with E-state index in [0.29, 0.717) is 31.5 Å². The van der Waals surface area contributed by atoms with Crippen LogP contribution >= 0.6 is 47.1 Å². The largest absolute Gasteiger partial charge is 0.335 e. The molecule has 2 aliphatic rings. The molecule has 0 atom stereocenters. The fourth-order valence-electron chi connectivity index (χ4n) is 3.44. The second kappa shape index (κ2) is 8.74. The molecule has 1 aromatic carbocycles. The van der Waals surface area contributed by atoms with Crippen molar-refractivity contribution in [2.45, 2.75) is 32.2 Å². The van der Waals surface area contributed by atoms with Crippen molar-refractivity contribution in [2.75, 3.05) is 18.0 Å². The van der Waals surface area contributed by atoms with E-state index in [1.54, 1.807) is 21.2 Å². The van der Waals surface area contributed by atoms with Crippen molar-refractivity contribution in [3.8, 4) is 0 Å². The minimum absolute atomic E-state index is 0.0697. The van der Waals surface area contributed by atoms with E-state index in [1.807, 2.05) is 38.1 Å². The molecule has 30 heavy (non-hydrogen) atoms. The van der Waals surface area contributed by atoms with E-state index in [2.05, 4.69) is 24.0 Å². The molecule has 3 heterocycles. The Morgan fingerprint density at radius 3 is 2.37 bits per heavy atom. The number of aromatic nitrogens is 1. The van der Waals surface area contributed by atoms with E-state index in [0.717, 1.165) is 11.6 Å². The van der Waals surface area contributed by atoms with Gasteiger partial charge in [0.15, 0.2) is 0 Å². The van der Waals surface area contributed by atoms with Crippen LogP contribution in [0.25, 0.3) is 11.0 Å². The molecule has 9 heteroatoms. The number of fused-ring (bicyclic) bond motifs is 1. The van der Waals surface area contributed by atoms with Crippen LogP contribution in [0.4, 0.5) is 5.69 Å². The van der Waals surface area contributed by atoms with Gasteiger partial charge in [-0.1, -0.05) is 47.9 Å². The van der Waals surface area contributed by atoms with Crippen molar-refractivity contribution < 1.29 is 4.79 Å². The SMILES string of the molecule is CCN1C(=O)/C(=c2/s/c(=C/C=C3\Sc4ccccc4N3CC)c(=O)n2CC)SC1=S. The molecule has 0 unspecified atom stereocenters. The number of allylic oxidation sites excluding steroid dienone is 1. The topological polar surface area (TPSA) is 45.6 Å². The number of amides is 1. The Hall–Kier alpha value is -1.81. The highest BCUT2D eigenvalue weighted by molar-refractivity contribution is 8.30. The lowest BCUT2D eigenvalue weighted by Crippen LogP contribution is -2.33. The van der Waals surface area contributed by atoms with Gasteiger partial charge in [0.2, 0.25) is 0 Å². The zero-order chi connectivity index (χ0) is 21.4. The fourth-order valence-corrected chi connectivity index (χ4v) is 7.22. The maximum absolute atomic E-state index is 13.0. The Morgan fingerprint density at radius 1 is 0.967 bits per heavy atom. The van der Waals surface area contributed by atoms with E-state index in [4.69, 9.17) is 12.2 Å². The van der Waals surface area contributed by atoms with Gasteiger partial charge in [0, 0.05) is 24.5 Å². The quantitative estimate of drug-likeness (QED) is 0.633. The number of hydrogen-bond donors (Lipinski definition) is 0. The van der Waals surface area contributed by atoms with Gasteiger partial charge in [0.25, 0.3) is 11.5 Å². The molecule has 0 spiro atoms. The number of carbonyl (C=O) groups is 1. The third kappa shape index (κ3) is 3.57. The van der Waals surface area contributed by atoms with Crippen LogP contribution in [-0.4, -0.2) is 32.8 Å². The normalized spacial score (nSPS) is 20.1. The number of anilines is 1. The predicted molar refractivity (Wildman–Crippen MR) is 132 cm³/mol. The highest BCUT2D eigenvalue weighted by Gasteiger charge is 2.32. The summed E-state index contributed by atoms with van der Waals surface area (Å²) >= 11 is 9.68. The number of carbonyl (C=O) groups excluding carboxylic acids is 1. The number of hydrogen-bond acceptors (Lipinski definition) is 7. The van der Waals surface area contributed by atoms with E-state index >= 15 is 0 Å². The molecule has 2 aliphatic heterocycles. The molecule has 0 bridgehead atoms. The van der Waals surface area contributed by atoms with Gasteiger partial charge in [-0.05, 0) is 45.1 Å². The average Bonchev–Trinajstić information content (AvgIpc) is 3.36. The molecule has 0 saturated carbocycles. The molecule has 1 fully saturated rings. The summed E-state index contributed by atoms with van der Waals surface area (Å²) in [6.07, 6.45) is 3.88. The van der Waals surface area contributed by atoms with Crippen LogP contribution in [0.1, 0.15) is 20.8 Å². The molecule has 5 nitrogen and oxygen atoms in total. The molecular formula is C21H21N3O2S4. The number of thiazole rings is 1. The average molecular weight is 476 g/mol. The Balaban J connectivity index is 1.81. The molecule has 1 saturated heterocycles. The Bertz CT molecular complexity index is 1240. The lowest BCUT2D eigenvalue weighted by atomic mass is 10.3. The maximum Gasteiger partial charge on any atom is 0.269 e. The van der Waals surface area contributed by atoms with Gasteiger partial charge >= 0.3 is 0 Å². The summed E-state index contributed by atoms with van der Waals surface area (Å²) in [5.41, 5.74) is 1.12. The van der Waals surface area contributed by atoms with E-state index < -0.39 is 0 Å². The number of thioether (sulfide) groups is 2. The predicted octanol–water partition coefficient (Wildman–Crippen LogP) is 3.17. The lowest BCUT2D eigenvalue weighted by Gasteiger charge is -2.17. The Morgan fingerprint density at radius 2 is 1.70 bits per heavy atom. The molecule has 0 aliphatic carbocycles. The zero-order valence-electron chi connectivity index (χ0n) is 16.9. The molecule has 0 radical (unpaired) electrons. The van der Waals surface area contributed by atoms with Crippen molar-refractivity contribution in [1.82, 2.24) is 9.47 Å². The Kier molecular flexibility index (Phi) is 6.24. The smallest absolute Gasteiger partial charge is 0.269 e. The molecule has 1 aromatic heterocycles. The standard InChI is InChI=1S/C21H21N3O2S4/c1-4-22-13-9-7-8-10-14(13)28-16(22)12-11-15-18(25)23(5-2)20(29-15)17-19(26)24(6-3)21(27)30-17/h7-12H,4-6H2,1-3H3/b15-11+,16-12-,20-17-. The van der Waals surface area contributed by atoms with Gasteiger partial charge in [-0.3, -0.25) is 19.1 Å². The van der Waals surface area contributed by atoms with Crippen molar-refractivity contribution in [1.29, 1.82) is 0 Å². The first-order valence-corrected chi connectivity index (χ1v) is 12.6. The van der Waals surface area contributed by atoms with Gasteiger partial charge in [-0.2, -0.15) is 0 Å². The van der Waals surface area contributed by atoms with E-state index in [1.165, 1.54) is 33.7 Å². The molecule has 156 valence electrons. The highest BCUT2D eigenvalue weighted by atomic mass is 32.2. The van der Waals surface area contributed by atoms with Crippen molar-refractivity contribution in [3.63, 3.8) is 0 Å². The van der Waals surface area contributed by atoms with Crippen LogP contribution in [0.3, 0.4) is 0 Å². The van der Waals surface area contributed by atoms with Crippen molar-refractivity contribution in [2.24, 2.45) is 0 Å². The second-order valence-corrected chi connectivity index (χ2v) is 10.3. The third-order valence-electron chi connectivity index (χ3n) is 4.91. The second-order valence-electron chi connectivity index (χ2n) is 6.55. The van der Waals surface area contributed by atoms with Crippen molar-refractivity contribution >= 4 is 74.0 Å². The minimum Gasteiger partial charge on any atom is -0.335 e. The maximum atomic E-state index is 13.0. The molecular weight excluding hydrogens is 455 g/mol. The van der Waals surface area contributed by atoms with Crippen LogP contribution in [0, 0.1) is 0 Å². The van der Waals surface area contributed by atoms with Gasteiger partial charge < -0.3 is 4.90 Å².